The van der Waals surface area contributed by atoms with E-state index in [1.807, 2.05) is 37.7 Å². The first-order valence-electron chi connectivity index (χ1n) is 12.0. The highest BCUT2D eigenvalue weighted by molar-refractivity contribution is 5.68. The molecule has 1 aliphatic heterocycles. The second-order valence-corrected chi connectivity index (χ2v) is 10.1. The molecule has 2 aliphatic rings. The molecule has 0 unspecified atom stereocenters. The fourth-order valence-electron chi connectivity index (χ4n) is 4.85. The molecule has 7 heteroatoms. The van der Waals surface area contributed by atoms with Gasteiger partial charge in [0.05, 0.1) is 5.69 Å². The molecule has 2 N–H and O–H groups in total. The Morgan fingerprint density at radius 1 is 1.03 bits per heavy atom. The van der Waals surface area contributed by atoms with Gasteiger partial charge in [-0.1, -0.05) is 12.8 Å². The Morgan fingerprint density at radius 2 is 1.75 bits per heavy atom. The van der Waals surface area contributed by atoms with E-state index in [4.69, 9.17) is 4.74 Å². The van der Waals surface area contributed by atoms with Crippen molar-refractivity contribution in [2.24, 2.45) is 0 Å². The first kappa shape index (κ1) is 22.6. The molecule has 1 aliphatic carbocycles. The fourth-order valence-corrected chi connectivity index (χ4v) is 4.85. The zero-order chi connectivity index (χ0) is 22.6. The smallest absolute Gasteiger partial charge is 0.407 e. The van der Waals surface area contributed by atoms with Crippen molar-refractivity contribution in [2.45, 2.75) is 83.0 Å². The molecule has 2 heterocycles. The number of nitrogens with zero attached hydrogens (tertiary/aromatic N) is 3. The van der Waals surface area contributed by atoms with Crippen LogP contribution in [0, 0.1) is 0 Å². The summed E-state index contributed by atoms with van der Waals surface area (Å²) in [7, 11) is 0. The van der Waals surface area contributed by atoms with Crippen molar-refractivity contribution >= 4 is 11.8 Å². The average Bonchev–Trinajstić information content (AvgIpc) is 3.29. The van der Waals surface area contributed by atoms with E-state index in [-0.39, 0.29) is 12.1 Å². The highest BCUT2D eigenvalue weighted by atomic mass is 16.6. The minimum Gasteiger partial charge on any atom is -0.444 e. The summed E-state index contributed by atoms with van der Waals surface area (Å²) in [5, 5.41) is 11.3. The number of benzene rings is 1. The summed E-state index contributed by atoms with van der Waals surface area (Å²) in [6, 6.07) is 11.4. The lowest BCUT2D eigenvalue weighted by Gasteiger charge is -2.40. The van der Waals surface area contributed by atoms with Gasteiger partial charge in [0.25, 0.3) is 0 Å². The number of carbonyl (C=O) groups excluding carboxylic acids is 1. The van der Waals surface area contributed by atoms with Crippen LogP contribution in [0.15, 0.2) is 42.7 Å². The van der Waals surface area contributed by atoms with E-state index in [0.717, 1.165) is 50.9 Å². The first-order valence-corrected chi connectivity index (χ1v) is 12.0. The highest BCUT2D eigenvalue weighted by Gasteiger charge is 2.31. The van der Waals surface area contributed by atoms with Crippen LogP contribution >= 0.6 is 0 Å². The molecule has 1 saturated carbocycles. The van der Waals surface area contributed by atoms with Gasteiger partial charge in [0.1, 0.15) is 5.60 Å². The van der Waals surface area contributed by atoms with Crippen LogP contribution in [-0.4, -0.2) is 52.7 Å². The topological polar surface area (TPSA) is 71.4 Å². The van der Waals surface area contributed by atoms with E-state index in [0.29, 0.717) is 12.1 Å². The van der Waals surface area contributed by atoms with Crippen LogP contribution in [0.25, 0.3) is 5.69 Å². The molecule has 1 saturated heterocycles. The van der Waals surface area contributed by atoms with Gasteiger partial charge in [-0.25, -0.2) is 9.48 Å². The molecule has 3 atom stereocenters. The SMILES string of the molecule is CC(C)(C)OC(=O)N[C@@H]1CCCC[C@H]1N[C@H]1CCCN(c2ccc(-n3cccn3)cc2)C1. The number of amides is 1. The van der Waals surface area contributed by atoms with Crippen molar-refractivity contribution in [1.82, 2.24) is 20.4 Å². The minimum absolute atomic E-state index is 0.127. The molecule has 0 radical (unpaired) electrons. The number of anilines is 1. The molecule has 2 aromatic rings. The lowest BCUT2D eigenvalue weighted by Crippen LogP contribution is -2.57. The summed E-state index contributed by atoms with van der Waals surface area (Å²) in [5.41, 5.74) is 1.85. The Morgan fingerprint density at radius 3 is 2.44 bits per heavy atom. The summed E-state index contributed by atoms with van der Waals surface area (Å²) in [5.74, 6) is 0. The maximum Gasteiger partial charge on any atom is 0.407 e. The van der Waals surface area contributed by atoms with Crippen LogP contribution in [0.3, 0.4) is 0 Å². The lowest BCUT2D eigenvalue weighted by molar-refractivity contribution is 0.0476. The van der Waals surface area contributed by atoms with Gasteiger partial charge in [-0.3, -0.25) is 0 Å². The number of hydrogen-bond donors (Lipinski definition) is 2. The minimum atomic E-state index is -0.474. The summed E-state index contributed by atoms with van der Waals surface area (Å²) < 4.78 is 7.38. The molecule has 32 heavy (non-hydrogen) atoms. The van der Waals surface area contributed by atoms with Crippen LogP contribution in [0.2, 0.25) is 0 Å². The van der Waals surface area contributed by atoms with Gasteiger partial charge >= 0.3 is 6.09 Å². The quantitative estimate of drug-likeness (QED) is 0.728. The van der Waals surface area contributed by atoms with Gasteiger partial charge in [-0.05, 0) is 76.8 Å². The summed E-state index contributed by atoms with van der Waals surface area (Å²) >= 11 is 0. The van der Waals surface area contributed by atoms with Crippen molar-refractivity contribution in [1.29, 1.82) is 0 Å². The Kier molecular flexibility index (Phi) is 7.04. The van der Waals surface area contributed by atoms with E-state index in [1.54, 1.807) is 6.20 Å². The molecule has 4 rings (SSSR count). The third-order valence-corrected chi connectivity index (χ3v) is 6.32. The average molecular weight is 440 g/mol. The first-order chi connectivity index (χ1) is 15.4. The molecule has 0 spiro atoms. The molecular weight excluding hydrogens is 402 g/mol. The number of aromatic nitrogens is 2. The second kappa shape index (κ2) is 9.94. The number of rotatable bonds is 5. The molecule has 1 aromatic carbocycles. The number of nitrogens with one attached hydrogen (secondary N) is 2. The molecular formula is C25H37N5O2. The number of ether oxygens (including phenoxy) is 1. The van der Waals surface area contributed by atoms with Crippen molar-refractivity contribution in [3.8, 4) is 5.69 Å². The Labute approximate surface area is 191 Å². The van der Waals surface area contributed by atoms with Gasteiger partial charge in [0, 0.05) is 49.3 Å². The van der Waals surface area contributed by atoms with Crippen LogP contribution < -0.4 is 15.5 Å². The summed E-state index contributed by atoms with van der Waals surface area (Å²) in [6.07, 6.45) is 10.2. The maximum absolute atomic E-state index is 12.3. The van der Waals surface area contributed by atoms with Crippen molar-refractivity contribution in [2.75, 3.05) is 18.0 Å². The second-order valence-electron chi connectivity index (χ2n) is 10.1. The van der Waals surface area contributed by atoms with E-state index in [1.165, 1.54) is 12.1 Å². The predicted octanol–water partition coefficient (Wildman–Crippen LogP) is 4.27. The zero-order valence-corrected chi connectivity index (χ0v) is 19.6. The molecule has 2 fully saturated rings. The van der Waals surface area contributed by atoms with Gasteiger partial charge in [0.2, 0.25) is 0 Å². The van der Waals surface area contributed by atoms with E-state index in [9.17, 15) is 4.79 Å². The standard InChI is InChI=1S/C25H37N5O2/c1-25(2,3)32-24(31)28-23-10-5-4-9-22(23)27-19-8-6-16-29(18-19)20-11-13-21(14-12-20)30-17-7-15-26-30/h7,11-15,17,19,22-23,27H,4-6,8-10,16,18H2,1-3H3,(H,28,31)/t19-,22+,23+/m0/s1. The summed E-state index contributed by atoms with van der Waals surface area (Å²) in [6.45, 7) is 7.77. The molecule has 7 nitrogen and oxygen atoms in total. The van der Waals surface area contributed by atoms with Gasteiger partial charge in [0.15, 0.2) is 0 Å². The van der Waals surface area contributed by atoms with Crippen LogP contribution in [0.1, 0.15) is 59.3 Å². The van der Waals surface area contributed by atoms with Crippen molar-refractivity contribution in [3.63, 3.8) is 0 Å². The third-order valence-electron chi connectivity index (χ3n) is 6.32. The van der Waals surface area contributed by atoms with Crippen LogP contribution in [-0.2, 0) is 4.74 Å². The summed E-state index contributed by atoms with van der Waals surface area (Å²) in [4.78, 5) is 14.8. The number of carbonyl (C=O) groups is 1. The van der Waals surface area contributed by atoms with E-state index >= 15 is 0 Å². The van der Waals surface area contributed by atoms with Gasteiger partial charge in [-0.2, -0.15) is 5.10 Å². The Bertz CT molecular complexity index is 859. The molecule has 174 valence electrons. The number of hydrogen-bond acceptors (Lipinski definition) is 5. The monoisotopic (exact) mass is 439 g/mol. The largest absolute Gasteiger partial charge is 0.444 e. The molecule has 1 aromatic heterocycles. The Balaban J connectivity index is 1.34. The zero-order valence-electron chi connectivity index (χ0n) is 19.6. The van der Waals surface area contributed by atoms with E-state index < -0.39 is 5.60 Å². The van der Waals surface area contributed by atoms with Crippen LogP contribution in [0.4, 0.5) is 10.5 Å². The normalized spacial score (nSPS) is 24.2. The third kappa shape index (κ3) is 6.03. The van der Waals surface area contributed by atoms with Gasteiger partial charge < -0.3 is 20.3 Å². The molecule has 0 bridgehead atoms. The molecule has 1 amide bonds. The maximum atomic E-state index is 12.3. The predicted molar refractivity (Wildman–Crippen MR) is 127 cm³/mol. The number of piperidine rings is 1. The number of alkyl carbamates (subject to hydrolysis) is 1. The van der Waals surface area contributed by atoms with Gasteiger partial charge in [-0.15, -0.1) is 0 Å². The fraction of sp³-hybridized carbons (Fsp3) is 0.600. The highest BCUT2D eigenvalue weighted by Crippen LogP contribution is 2.24. The van der Waals surface area contributed by atoms with Crippen molar-refractivity contribution in [3.05, 3.63) is 42.7 Å². The van der Waals surface area contributed by atoms with E-state index in [2.05, 4.69) is 44.9 Å². The van der Waals surface area contributed by atoms with Crippen molar-refractivity contribution < 1.29 is 9.53 Å². The lowest BCUT2D eigenvalue weighted by atomic mass is 9.89. The van der Waals surface area contributed by atoms with Crippen LogP contribution in [0.5, 0.6) is 0 Å². The Hall–Kier alpha value is -2.54.